The number of benzene rings is 1. The molecule has 9 heteroatoms. The third-order valence-corrected chi connectivity index (χ3v) is 7.81. The molecule has 0 aliphatic carbocycles. The Balaban J connectivity index is 1.67. The van der Waals surface area contributed by atoms with Gasteiger partial charge in [-0.15, -0.1) is 6.58 Å². The van der Waals surface area contributed by atoms with Crippen molar-refractivity contribution in [3.63, 3.8) is 0 Å². The lowest BCUT2D eigenvalue weighted by atomic mass is 9.65. The van der Waals surface area contributed by atoms with E-state index < -0.39 is 6.04 Å². The molecule has 6 rings (SSSR count). The molecule has 3 N–H and O–H groups in total. The summed E-state index contributed by atoms with van der Waals surface area (Å²) in [6, 6.07) is 12.1. The molecule has 9 nitrogen and oxygen atoms in total. The maximum absolute atomic E-state index is 13.4. The second-order valence-electron chi connectivity index (χ2n) is 9.75. The van der Waals surface area contributed by atoms with Crippen LogP contribution in [0.25, 0.3) is 10.9 Å². The Morgan fingerprint density at radius 3 is 2.81 bits per heavy atom. The summed E-state index contributed by atoms with van der Waals surface area (Å²) in [5, 5.41) is 16.3. The Morgan fingerprint density at radius 1 is 1.33 bits per heavy atom. The van der Waals surface area contributed by atoms with E-state index in [0.717, 1.165) is 49.7 Å². The van der Waals surface area contributed by atoms with E-state index >= 15 is 0 Å². The highest BCUT2D eigenvalue weighted by Crippen LogP contribution is 2.49. The van der Waals surface area contributed by atoms with E-state index in [2.05, 4.69) is 27.0 Å². The third-order valence-electron chi connectivity index (χ3n) is 7.81. The Labute approximate surface area is 209 Å². The number of amides is 1. The third kappa shape index (κ3) is 4.19. The van der Waals surface area contributed by atoms with Crippen LogP contribution < -0.4 is 15.5 Å². The van der Waals surface area contributed by atoms with Gasteiger partial charge in [-0.25, -0.2) is 0 Å². The van der Waals surface area contributed by atoms with Gasteiger partial charge in [-0.2, -0.15) is 10.2 Å². The van der Waals surface area contributed by atoms with Gasteiger partial charge in [-0.3, -0.25) is 20.1 Å². The molecule has 36 heavy (non-hydrogen) atoms. The van der Waals surface area contributed by atoms with Gasteiger partial charge >= 0.3 is 0 Å². The number of nitrogens with one attached hydrogen (secondary N) is 3. The molecule has 0 spiro atoms. The molecule has 2 atom stereocenters. The molecular formula is C27H31N7O2. The second-order valence-corrected chi connectivity index (χ2v) is 9.75. The molecular weight excluding hydrogens is 454 g/mol. The molecule has 1 amide bonds. The van der Waals surface area contributed by atoms with Crippen LogP contribution in [0.4, 0.5) is 0 Å². The highest BCUT2D eigenvalue weighted by Gasteiger charge is 2.47. The van der Waals surface area contributed by atoms with Crippen LogP contribution in [0.1, 0.15) is 47.8 Å². The SMILES string of the molecule is C=CCC12CCN(CC1)C([C@H](NC(=O)c1ccccn1)c1cc(=N)n(N=N)c3ccc(OC)cc13)C2. The number of carbonyl (C=O) groups is 1. The number of carbonyl (C=O) groups excluding carboxylic acids is 1. The van der Waals surface area contributed by atoms with Crippen molar-refractivity contribution < 1.29 is 9.53 Å². The maximum atomic E-state index is 13.4. The number of rotatable bonds is 8. The quantitative estimate of drug-likeness (QED) is 0.327. The monoisotopic (exact) mass is 485 g/mol. The molecule has 186 valence electrons. The summed E-state index contributed by atoms with van der Waals surface area (Å²) in [5.41, 5.74) is 9.65. The highest BCUT2D eigenvalue weighted by atomic mass is 16.5. The number of pyridine rings is 2. The molecule has 3 aliphatic heterocycles. The molecule has 3 aliphatic rings. The summed E-state index contributed by atoms with van der Waals surface area (Å²) in [6.07, 6.45) is 7.72. The molecule has 3 aromatic rings. The summed E-state index contributed by atoms with van der Waals surface area (Å²) in [7, 11) is 1.60. The van der Waals surface area contributed by atoms with Crippen LogP contribution in [-0.4, -0.2) is 46.7 Å². The number of methoxy groups -OCH3 is 1. The van der Waals surface area contributed by atoms with Crippen molar-refractivity contribution >= 4 is 16.8 Å². The number of ether oxygens (including phenoxy) is 1. The standard InChI is InChI=1S/C27H31N7O2/c1-3-9-27-10-13-33(14-11-27)23(17-27)25(31-26(35)21-6-4-5-12-30-21)20-16-24(28)34(32-29)22-8-7-18(36-2)15-19(20)22/h3-8,12,15-16,23,25,28-29H,1,9-11,13-14,17H2,2H3,(H,31,35)/t23?,25-/m1/s1. The number of piperidine rings is 3. The van der Waals surface area contributed by atoms with Crippen molar-refractivity contribution in [3.05, 3.63) is 78.1 Å². The van der Waals surface area contributed by atoms with Gasteiger partial charge in [0, 0.05) is 17.6 Å². The fourth-order valence-corrected chi connectivity index (χ4v) is 5.96. The Hall–Kier alpha value is -3.85. The van der Waals surface area contributed by atoms with Crippen molar-refractivity contribution in [2.45, 2.75) is 37.8 Å². The van der Waals surface area contributed by atoms with Crippen molar-refractivity contribution in [3.8, 4) is 5.75 Å². The summed E-state index contributed by atoms with van der Waals surface area (Å²) in [4.78, 5) is 20.1. The van der Waals surface area contributed by atoms with E-state index in [1.54, 1.807) is 49.7 Å². The molecule has 2 bridgehead atoms. The van der Waals surface area contributed by atoms with Crippen molar-refractivity contribution in [2.75, 3.05) is 20.2 Å². The van der Waals surface area contributed by atoms with E-state index in [4.69, 9.17) is 15.7 Å². The molecule has 5 heterocycles. The smallest absolute Gasteiger partial charge is 0.270 e. The van der Waals surface area contributed by atoms with Gasteiger partial charge in [0.25, 0.3) is 5.91 Å². The average Bonchev–Trinajstić information content (AvgIpc) is 2.92. The first kappa shape index (κ1) is 23.9. The second kappa shape index (κ2) is 9.66. The Kier molecular flexibility index (Phi) is 6.40. The first-order valence-corrected chi connectivity index (χ1v) is 12.2. The van der Waals surface area contributed by atoms with Crippen LogP contribution >= 0.6 is 0 Å². The fourth-order valence-electron chi connectivity index (χ4n) is 5.96. The van der Waals surface area contributed by atoms with Gasteiger partial charge in [0.15, 0.2) is 0 Å². The van der Waals surface area contributed by atoms with Crippen LogP contribution in [-0.2, 0) is 0 Å². The van der Waals surface area contributed by atoms with Crippen molar-refractivity contribution in [2.24, 2.45) is 10.6 Å². The molecule has 3 fully saturated rings. The van der Waals surface area contributed by atoms with Crippen molar-refractivity contribution in [1.29, 1.82) is 10.9 Å². The zero-order valence-electron chi connectivity index (χ0n) is 20.4. The van der Waals surface area contributed by atoms with E-state index in [-0.39, 0.29) is 22.9 Å². The number of allylic oxidation sites excluding steroid dienone is 1. The predicted molar refractivity (Wildman–Crippen MR) is 136 cm³/mol. The number of hydrogen-bond donors (Lipinski definition) is 3. The van der Waals surface area contributed by atoms with Crippen molar-refractivity contribution in [1.82, 2.24) is 19.9 Å². The van der Waals surface area contributed by atoms with Crippen LogP contribution in [0, 0.1) is 16.4 Å². The topological polar surface area (TPSA) is 119 Å². The van der Waals surface area contributed by atoms with Crippen LogP contribution in [0.5, 0.6) is 5.75 Å². The normalized spacial score (nSPS) is 23.7. The lowest BCUT2D eigenvalue weighted by Gasteiger charge is -2.55. The minimum absolute atomic E-state index is 0.0395. The molecule has 0 radical (unpaired) electrons. The minimum atomic E-state index is -0.400. The number of aromatic nitrogens is 2. The summed E-state index contributed by atoms with van der Waals surface area (Å²) in [5.74, 6) is 0.395. The zero-order chi connectivity index (χ0) is 25.3. The zero-order valence-corrected chi connectivity index (χ0v) is 20.4. The van der Waals surface area contributed by atoms with Crippen LogP contribution in [0.3, 0.4) is 0 Å². The highest BCUT2D eigenvalue weighted by molar-refractivity contribution is 5.93. The van der Waals surface area contributed by atoms with Gasteiger partial charge in [-0.05, 0) is 86.1 Å². The summed E-state index contributed by atoms with van der Waals surface area (Å²) < 4.78 is 6.78. The fraction of sp³-hybridized carbons (Fsp3) is 0.370. The molecule has 1 unspecified atom stereocenters. The molecule has 1 aromatic carbocycles. The first-order valence-electron chi connectivity index (χ1n) is 12.2. The lowest BCUT2D eigenvalue weighted by molar-refractivity contribution is -0.0327. The Morgan fingerprint density at radius 2 is 2.14 bits per heavy atom. The van der Waals surface area contributed by atoms with Gasteiger partial charge in [0.1, 0.15) is 16.9 Å². The predicted octanol–water partition coefficient (Wildman–Crippen LogP) is 4.22. The number of hydrogen-bond acceptors (Lipinski definition) is 7. The summed E-state index contributed by atoms with van der Waals surface area (Å²) >= 11 is 0. The van der Waals surface area contributed by atoms with Gasteiger partial charge in [0.2, 0.25) is 0 Å². The average molecular weight is 486 g/mol. The van der Waals surface area contributed by atoms with Gasteiger partial charge in [-0.1, -0.05) is 17.4 Å². The lowest BCUT2D eigenvalue weighted by Crippen LogP contribution is -2.58. The van der Waals surface area contributed by atoms with E-state index in [9.17, 15) is 4.79 Å². The number of fused-ring (bicyclic) bond motifs is 4. The minimum Gasteiger partial charge on any atom is -0.497 e. The first-order chi connectivity index (χ1) is 17.5. The van der Waals surface area contributed by atoms with E-state index in [1.165, 1.54) is 4.68 Å². The molecule has 0 saturated carbocycles. The summed E-state index contributed by atoms with van der Waals surface area (Å²) in [6.45, 7) is 5.92. The molecule has 3 saturated heterocycles. The van der Waals surface area contributed by atoms with E-state index in [1.807, 2.05) is 12.1 Å². The van der Waals surface area contributed by atoms with Crippen LogP contribution in [0.2, 0.25) is 0 Å². The molecule has 2 aromatic heterocycles. The number of nitrogens with zero attached hydrogens (tertiary/aromatic N) is 4. The van der Waals surface area contributed by atoms with Gasteiger partial charge in [0.05, 0.1) is 18.7 Å². The van der Waals surface area contributed by atoms with Gasteiger partial charge < -0.3 is 10.1 Å². The largest absolute Gasteiger partial charge is 0.497 e. The maximum Gasteiger partial charge on any atom is 0.270 e. The Bertz CT molecular complexity index is 1360. The van der Waals surface area contributed by atoms with E-state index in [0.29, 0.717) is 17.0 Å². The van der Waals surface area contributed by atoms with Crippen LogP contribution in [0.15, 0.2) is 66.5 Å².